The Morgan fingerprint density at radius 2 is 1.93 bits per heavy atom. The van der Waals surface area contributed by atoms with E-state index in [-0.39, 0.29) is 7.12 Å². The lowest BCUT2D eigenvalue weighted by Crippen LogP contribution is -2.39. The summed E-state index contributed by atoms with van der Waals surface area (Å²) in [5, 5.41) is 1.27. The predicted molar refractivity (Wildman–Crippen MR) is 63.7 cm³/mol. The molecule has 1 aromatic heterocycles. The van der Waals surface area contributed by atoms with E-state index in [2.05, 4.69) is 30.3 Å². The van der Waals surface area contributed by atoms with Gasteiger partial charge in [-0.05, 0) is 23.9 Å². The number of fused-ring (bicyclic) bond motifs is 1. The highest BCUT2D eigenvalue weighted by Crippen LogP contribution is 2.19. The van der Waals surface area contributed by atoms with Gasteiger partial charge in [-0.25, -0.2) is 0 Å². The van der Waals surface area contributed by atoms with Gasteiger partial charge in [0, 0.05) is 22.7 Å². The molecule has 2 nitrogen and oxygen atoms in total. The molecule has 0 amide bonds. The molecule has 0 N–H and O–H groups in total. The van der Waals surface area contributed by atoms with Crippen molar-refractivity contribution in [2.75, 3.05) is 13.2 Å². The zero-order valence-corrected chi connectivity index (χ0v) is 9.13. The quantitative estimate of drug-likeness (QED) is 0.682. The van der Waals surface area contributed by atoms with Crippen LogP contribution in [-0.2, 0) is 9.31 Å². The number of rotatable bonds is 1. The lowest BCUT2D eigenvalue weighted by molar-refractivity contribution is 0.144. The molecule has 0 bridgehead atoms. The van der Waals surface area contributed by atoms with Gasteiger partial charge in [0.05, 0.1) is 0 Å². The molecule has 0 unspecified atom stereocenters. The van der Waals surface area contributed by atoms with Crippen LogP contribution in [0.1, 0.15) is 6.42 Å². The van der Waals surface area contributed by atoms with Gasteiger partial charge in [-0.15, -0.1) is 11.3 Å². The van der Waals surface area contributed by atoms with Gasteiger partial charge in [0.2, 0.25) is 0 Å². The van der Waals surface area contributed by atoms with Crippen LogP contribution in [0, 0.1) is 0 Å². The normalized spacial score (nSPS) is 17.2. The van der Waals surface area contributed by atoms with Crippen molar-refractivity contribution in [1.82, 2.24) is 0 Å². The Morgan fingerprint density at radius 3 is 2.73 bits per heavy atom. The largest absolute Gasteiger partial charge is 0.504 e. The number of benzene rings is 1. The summed E-state index contributed by atoms with van der Waals surface area (Å²) < 4.78 is 13.6. The first kappa shape index (κ1) is 9.40. The maximum absolute atomic E-state index is 5.58. The van der Waals surface area contributed by atoms with Gasteiger partial charge in [-0.2, -0.15) is 0 Å². The smallest absolute Gasteiger partial charge is 0.407 e. The third-order valence-electron chi connectivity index (χ3n) is 2.50. The van der Waals surface area contributed by atoms with Crippen LogP contribution >= 0.6 is 11.3 Å². The van der Waals surface area contributed by atoms with Crippen LogP contribution < -0.4 is 4.78 Å². The monoisotopic (exact) mass is 218 g/mol. The fourth-order valence-electron chi connectivity index (χ4n) is 1.77. The Hall–Kier alpha value is -0.835. The van der Waals surface area contributed by atoms with E-state index in [4.69, 9.17) is 9.31 Å². The van der Waals surface area contributed by atoms with E-state index in [1.165, 1.54) is 14.9 Å². The molecule has 1 aromatic carbocycles. The molecule has 1 aliphatic rings. The molecule has 1 aliphatic heterocycles. The Morgan fingerprint density at radius 1 is 1.13 bits per heavy atom. The Bertz CT molecular complexity index is 429. The van der Waals surface area contributed by atoms with Crippen molar-refractivity contribution in [3.8, 4) is 0 Å². The lowest BCUT2D eigenvalue weighted by Gasteiger charge is -2.18. The highest BCUT2D eigenvalue weighted by Gasteiger charge is 2.26. The van der Waals surface area contributed by atoms with Crippen molar-refractivity contribution in [3.63, 3.8) is 0 Å². The summed E-state index contributed by atoms with van der Waals surface area (Å²) in [6, 6.07) is 10.5. The van der Waals surface area contributed by atoms with Crippen LogP contribution in [0.3, 0.4) is 0 Å². The van der Waals surface area contributed by atoms with Crippen LogP contribution in [0.25, 0.3) is 10.1 Å². The molecule has 0 radical (unpaired) electrons. The zero-order valence-electron chi connectivity index (χ0n) is 8.31. The van der Waals surface area contributed by atoms with Crippen LogP contribution in [0.15, 0.2) is 30.3 Å². The SMILES string of the molecule is c1ccc2sc(B3OCCCO3)cc2c1. The molecule has 3 rings (SSSR count). The van der Waals surface area contributed by atoms with E-state index in [9.17, 15) is 0 Å². The molecule has 15 heavy (non-hydrogen) atoms. The molecule has 76 valence electrons. The molecule has 0 spiro atoms. The van der Waals surface area contributed by atoms with Gasteiger partial charge >= 0.3 is 7.12 Å². The minimum atomic E-state index is -0.142. The lowest BCUT2D eigenvalue weighted by atomic mass is 9.86. The second-order valence-electron chi connectivity index (χ2n) is 3.61. The van der Waals surface area contributed by atoms with Crippen molar-refractivity contribution >= 4 is 33.3 Å². The van der Waals surface area contributed by atoms with E-state index in [1.807, 2.05) is 0 Å². The van der Waals surface area contributed by atoms with Crippen LogP contribution in [0.4, 0.5) is 0 Å². The highest BCUT2D eigenvalue weighted by atomic mass is 32.1. The minimum absolute atomic E-state index is 0.142. The Labute approximate surface area is 93.0 Å². The summed E-state index contributed by atoms with van der Waals surface area (Å²) in [4.78, 5) is 0. The fourth-order valence-corrected chi connectivity index (χ4v) is 2.83. The Balaban J connectivity index is 1.96. The molecule has 4 heteroatoms. The van der Waals surface area contributed by atoms with Crippen LogP contribution in [-0.4, -0.2) is 20.3 Å². The van der Waals surface area contributed by atoms with Gasteiger partial charge < -0.3 is 9.31 Å². The van der Waals surface area contributed by atoms with Crippen LogP contribution in [0.2, 0.25) is 0 Å². The predicted octanol–water partition coefficient (Wildman–Crippen LogP) is 2.03. The second kappa shape index (κ2) is 3.97. The average Bonchev–Trinajstić information content (AvgIpc) is 2.74. The minimum Gasteiger partial charge on any atom is -0.407 e. The van der Waals surface area contributed by atoms with Gasteiger partial charge in [-0.1, -0.05) is 18.2 Å². The fraction of sp³-hybridized carbons (Fsp3) is 0.273. The summed E-state index contributed by atoms with van der Waals surface area (Å²) in [6.45, 7) is 1.61. The number of hydrogen-bond donors (Lipinski definition) is 0. The van der Waals surface area contributed by atoms with Gasteiger partial charge in [0.15, 0.2) is 0 Å². The molecule has 1 fully saturated rings. The molecule has 0 saturated carbocycles. The van der Waals surface area contributed by atoms with E-state index in [1.54, 1.807) is 11.3 Å². The summed E-state index contributed by atoms with van der Waals surface area (Å²) in [6.07, 6.45) is 1.00. The molecule has 1 saturated heterocycles. The summed E-state index contributed by atoms with van der Waals surface area (Å²) in [7, 11) is -0.142. The number of thiophene rings is 1. The summed E-state index contributed by atoms with van der Waals surface area (Å²) >= 11 is 1.75. The van der Waals surface area contributed by atoms with Crippen molar-refractivity contribution < 1.29 is 9.31 Å². The molecule has 0 atom stereocenters. The molecular weight excluding hydrogens is 207 g/mol. The van der Waals surface area contributed by atoms with Gasteiger partial charge in [0.25, 0.3) is 0 Å². The Kier molecular flexibility index (Phi) is 2.48. The van der Waals surface area contributed by atoms with E-state index in [0.29, 0.717) is 0 Å². The zero-order chi connectivity index (χ0) is 10.1. The van der Waals surface area contributed by atoms with Crippen LogP contribution in [0.5, 0.6) is 0 Å². The second-order valence-corrected chi connectivity index (χ2v) is 4.73. The average molecular weight is 218 g/mol. The van der Waals surface area contributed by atoms with E-state index >= 15 is 0 Å². The molecular formula is C11H11BO2S. The van der Waals surface area contributed by atoms with Crippen molar-refractivity contribution in [1.29, 1.82) is 0 Å². The first-order valence-corrected chi connectivity index (χ1v) is 5.97. The third-order valence-corrected chi connectivity index (χ3v) is 3.64. The van der Waals surface area contributed by atoms with Crippen molar-refractivity contribution in [2.24, 2.45) is 0 Å². The first-order valence-electron chi connectivity index (χ1n) is 5.15. The molecule has 2 heterocycles. The number of hydrogen-bond acceptors (Lipinski definition) is 3. The van der Waals surface area contributed by atoms with Gasteiger partial charge in [-0.3, -0.25) is 0 Å². The summed E-state index contributed by atoms with van der Waals surface area (Å²) in [5.41, 5.74) is 0. The maximum atomic E-state index is 5.58. The standard InChI is InChI=1S/C11H11BO2S/c1-2-5-10-9(4-1)8-11(15-10)12-13-6-3-7-14-12/h1-2,4-5,8H,3,6-7H2. The van der Waals surface area contributed by atoms with E-state index < -0.39 is 0 Å². The van der Waals surface area contributed by atoms with Gasteiger partial charge in [0.1, 0.15) is 0 Å². The molecule has 2 aromatic rings. The summed E-state index contributed by atoms with van der Waals surface area (Å²) in [5.74, 6) is 0. The topological polar surface area (TPSA) is 18.5 Å². The van der Waals surface area contributed by atoms with Crippen molar-refractivity contribution in [2.45, 2.75) is 6.42 Å². The maximum Gasteiger partial charge on any atom is 0.504 e. The van der Waals surface area contributed by atoms with E-state index in [0.717, 1.165) is 19.6 Å². The highest BCUT2D eigenvalue weighted by molar-refractivity contribution is 7.28. The molecule has 0 aliphatic carbocycles. The first-order chi connectivity index (χ1) is 7.43. The third kappa shape index (κ3) is 1.80. The van der Waals surface area contributed by atoms with Crippen molar-refractivity contribution in [3.05, 3.63) is 30.3 Å².